The number of nitrogens with zero attached hydrogens (tertiary/aromatic N) is 2. The highest BCUT2D eigenvalue weighted by Crippen LogP contribution is 2.28. The Balaban J connectivity index is 2.32. The van der Waals surface area contributed by atoms with Crippen molar-refractivity contribution in [1.29, 1.82) is 0 Å². The van der Waals surface area contributed by atoms with Gasteiger partial charge in [-0.1, -0.05) is 0 Å². The molecular formula is C13H18N4O3. The van der Waals surface area contributed by atoms with Gasteiger partial charge in [0, 0.05) is 19.8 Å². The number of rotatable bonds is 3. The van der Waals surface area contributed by atoms with Crippen LogP contribution in [0, 0.1) is 0 Å². The van der Waals surface area contributed by atoms with Crippen molar-refractivity contribution in [2.45, 2.75) is 25.3 Å². The predicted octanol–water partition coefficient (Wildman–Crippen LogP) is 0.467. The van der Waals surface area contributed by atoms with Gasteiger partial charge in [-0.05, 0) is 25.3 Å². The molecule has 1 fully saturated rings. The minimum atomic E-state index is -1.07. The second kappa shape index (κ2) is 5.77. The summed E-state index contributed by atoms with van der Waals surface area (Å²) in [6.45, 7) is 0.682. The number of nitrogen functional groups attached to an aromatic ring is 1. The zero-order chi connectivity index (χ0) is 14.7. The third-order valence-corrected chi connectivity index (χ3v) is 3.47. The smallest absolute Gasteiger partial charge is 0.337 e. The van der Waals surface area contributed by atoms with E-state index in [-0.39, 0.29) is 23.2 Å². The number of likely N-dealkylation sites (N-methyl/N-ethyl adjacent to an activating group) is 1. The van der Waals surface area contributed by atoms with E-state index in [1.807, 2.05) is 4.90 Å². The van der Waals surface area contributed by atoms with Crippen molar-refractivity contribution in [3.63, 3.8) is 0 Å². The van der Waals surface area contributed by atoms with Gasteiger partial charge in [-0.25, -0.2) is 9.78 Å². The average molecular weight is 278 g/mol. The maximum atomic E-state index is 11.9. The molecule has 7 nitrogen and oxygen atoms in total. The lowest BCUT2D eigenvalue weighted by Gasteiger charge is -2.35. The Kier molecular flexibility index (Phi) is 4.07. The van der Waals surface area contributed by atoms with E-state index in [1.165, 1.54) is 12.3 Å². The quantitative estimate of drug-likeness (QED) is 0.741. The van der Waals surface area contributed by atoms with Crippen LogP contribution in [0.15, 0.2) is 12.3 Å². The molecule has 0 aromatic carbocycles. The second-order valence-electron chi connectivity index (χ2n) is 4.76. The van der Waals surface area contributed by atoms with E-state index < -0.39 is 5.97 Å². The average Bonchev–Trinajstić information content (AvgIpc) is 2.46. The summed E-state index contributed by atoms with van der Waals surface area (Å²) < 4.78 is 0. The summed E-state index contributed by atoms with van der Waals surface area (Å²) >= 11 is 0. The van der Waals surface area contributed by atoms with Crippen LogP contribution in [0.1, 0.15) is 29.6 Å². The zero-order valence-electron chi connectivity index (χ0n) is 11.3. The number of aromatic carboxylic acids is 1. The first-order valence-corrected chi connectivity index (χ1v) is 6.51. The second-order valence-corrected chi connectivity index (χ2v) is 4.76. The molecule has 7 heteroatoms. The van der Waals surface area contributed by atoms with Crippen LogP contribution in [0.3, 0.4) is 0 Å². The van der Waals surface area contributed by atoms with Crippen LogP contribution in [0.5, 0.6) is 0 Å². The van der Waals surface area contributed by atoms with E-state index >= 15 is 0 Å². The number of anilines is 2. The van der Waals surface area contributed by atoms with Crippen LogP contribution >= 0.6 is 0 Å². The topological polar surface area (TPSA) is 109 Å². The highest BCUT2D eigenvalue weighted by molar-refractivity contribution is 5.90. The van der Waals surface area contributed by atoms with Gasteiger partial charge in [0.15, 0.2) is 5.82 Å². The number of carboxylic acid groups (broad SMARTS) is 1. The van der Waals surface area contributed by atoms with Crippen molar-refractivity contribution in [3.05, 3.63) is 17.8 Å². The third kappa shape index (κ3) is 2.66. The summed E-state index contributed by atoms with van der Waals surface area (Å²) in [7, 11) is 1.60. The number of piperidine rings is 1. The molecule has 0 aliphatic carbocycles. The SMILES string of the molecule is CNC(=O)C1CCCCN1c1ncc(C(=O)O)cc1N. The van der Waals surface area contributed by atoms with E-state index in [0.717, 1.165) is 19.3 Å². The monoisotopic (exact) mass is 278 g/mol. The van der Waals surface area contributed by atoms with E-state index in [4.69, 9.17) is 10.8 Å². The lowest BCUT2D eigenvalue weighted by molar-refractivity contribution is -0.122. The molecular weight excluding hydrogens is 260 g/mol. The summed E-state index contributed by atoms with van der Waals surface area (Å²) in [6.07, 6.45) is 3.93. The summed E-state index contributed by atoms with van der Waals surface area (Å²) in [5, 5.41) is 11.6. The molecule has 1 aromatic rings. The van der Waals surface area contributed by atoms with E-state index in [1.54, 1.807) is 7.05 Å². The molecule has 1 aromatic heterocycles. The first kappa shape index (κ1) is 14.1. The van der Waals surface area contributed by atoms with Crippen LogP contribution in [0.25, 0.3) is 0 Å². The number of nitrogens with one attached hydrogen (secondary N) is 1. The molecule has 1 atom stereocenters. The van der Waals surface area contributed by atoms with Crippen molar-refractivity contribution >= 4 is 23.4 Å². The van der Waals surface area contributed by atoms with Crippen molar-refractivity contribution in [2.24, 2.45) is 0 Å². The zero-order valence-corrected chi connectivity index (χ0v) is 11.3. The molecule has 108 valence electrons. The van der Waals surface area contributed by atoms with Crippen LogP contribution < -0.4 is 16.0 Å². The maximum Gasteiger partial charge on any atom is 0.337 e. The summed E-state index contributed by atoms with van der Waals surface area (Å²) in [5.74, 6) is -0.672. The van der Waals surface area contributed by atoms with Gasteiger partial charge in [-0.15, -0.1) is 0 Å². The lowest BCUT2D eigenvalue weighted by atomic mass is 10.0. The fraction of sp³-hybridized carbons (Fsp3) is 0.462. The number of carbonyl (C=O) groups is 2. The fourth-order valence-corrected chi connectivity index (χ4v) is 2.46. The highest BCUT2D eigenvalue weighted by Gasteiger charge is 2.30. The Morgan fingerprint density at radius 2 is 2.25 bits per heavy atom. The standard InChI is InChI=1S/C13H18N4O3/c1-15-12(18)10-4-2-3-5-17(10)11-9(14)6-8(7-16-11)13(19)20/h6-7,10H,2-5,14H2,1H3,(H,15,18)(H,19,20). The highest BCUT2D eigenvalue weighted by atomic mass is 16.4. The van der Waals surface area contributed by atoms with Crippen LogP contribution in [0.2, 0.25) is 0 Å². The molecule has 0 spiro atoms. The minimum absolute atomic E-state index is 0.0414. The van der Waals surface area contributed by atoms with Gasteiger partial charge in [0.05, 0.1) is 11.3 Å². The van der Waals surface area contributed by atoms with E-state index in [0.29, 0.717) is 12.4 Å². The Morgan fingerprint density at radius 3 is 2.85 bits per heavy atom. The van der Waals surface area contributed by atoms with Crippen molar-refractivity contribution in [2.75, 3.05) is 24.2 Å². The first-order valence-electron chi connectivity index (χ1n) is 6.51. The normalized spacial score (nSPS) is 18.6. The molecule has 1 aliphatic rings. The third-order valence-electron chi connectivity index (χ3n) is 3.47. The molecule has 1 aliphatic heterocycles. The van der Waals surface area contributed by atoms with Crippen LogP contribution in [0.4, 0.5) is 11.5 Å². The number of pyridine rings is 1. The van der Waals surface area contributed by atoms with Gasteiger partial charge < -0.3 is 21.1 Å². The Labute approximate surface area is 116 Å². The molecule has 2 heterocycles. The molecule has 4 N–H and O–H groups in total. The largest absolute Gasteiger partial charge is 0.478 e. The van der Waals surface area contributed by atoms with Gasteiger partial charge in [0.25, 0.3) is 0 Å². The van der Waals surface area contributed by atoms with E-state index in [2.05, 4.69) is 10.3 Å². The molecule has 20 heavy (non-hydrogen) atoms. The van der Waals surface area contributed by atoms with Gasteiger partial charge in [0.2, 0.25) is 5.91 Å². The number of hydrogen-bond donors (Lipinski definition) is 3. The fourth-order valence-electron chi connectivity index (χ4n) is 2.46. The van der Waals surface area contributed by atoms with Crippen molar-refractivity contribution in [3.8, 4) is 0 Å². The lowest BCUT2D eigenvalue weighted by Crippen LogP contribution is -2.49. The molecule has 2 rings (SSSR count). The predicted molar refractivity (Wildman–Crippen MR) is 74.7 cm³/mol. The molecule has 0 radical (unpaired) electrons. The Morgan fingerprint density at radius 1 is 1.50 bits per heavy atom. The molecule has 1 amide bonds. The van der Waals surface area contributed by atoms with Crippen LogP contribution in [-0.4, -0.2) is 41.6 Å². The maximum absolute atomic E-state index is 11.9. The molecule has 1 saturated heterocycles. The number of carbonyl (C=O) groups excluding carboxylic acids is 1. The molecule has 0 bridgehead atoms. The van der Waals surface area contributed by atoms with E-state index in [9.17, 15) is 9.59 Å². The van der Waals surface area contributed by atoms with Crippen molar-refractivity contribution < 1.29 is 14.7 Å². The number of amides is 1. The number of aromatic nitrogens is 1. The number of hydrogen-bond acceptors (Lipinski definition) is 5. The van der Waals surface area contributed by atoms with Gasteiger partial charge in [0.1, 0.15) is 6.04 Å². The number of carboxylic acids is 1. The minimum Gasteiger partial charge on any atom is -0.478 e. The van der Waals surface area contributed by atoms with Gasteiger partial charge in [-0.2, -0.15) is 0 Å². The first-order chi connectivity index (χ1) is 9.54. The summed E-state index contributed by atoms with van der Waals surface area (Å²) in [6, 6.07) is 1.07. The van der Waals surface area contributed by atoms with Gasteiger partial charge in [-0.3, -0.25) is 4.79 Å². The number of nitrogens with two attached hydrogens (primary N) is 1. The Bertz CT molecular complexity index is 532. The van der Waals surface area contributed by atoms with Crippen LogP contribution in [-0.2, 0) is 4.79 Å². The van der Waals surface area contributed by atoms with Gasteiger partial charge >= 0.3 is 5.97 Å². The summed E-state index contributed by atoms with van der Waals surface area (Å²) in [4.78, 5) is 28.8. The van der Waals surface area contributed by atoms with Crippen molar-refractivity contribution in [1.82, 2.24) is 10.3 Å². The summed E-state index contributed by atoms with van der Waals surface area (Å²) in [5.41, 5.74) is 6.21. The molecule has 0 saturated carbocycles. The Hall–Kier alpha value is -2.31. The molecule has 1 unspecified atom stereocenters.